The molecule has 1 rings (SSSR count). The summed E-state index contributed by atoms with van der Waals surface area (Å²) in [6, 6.07) is 4.69. The summed E-state index contributed by atoms with van der Waals surface area (Å²) in [6.07, 6.45) is 3.05. The van der Waals surface area contributed by atoms with Gasteiger partial charge in [-0.05, 0) is 24.8 Å². The molecule has 0 aliphatic heterocycles. The Hall–Kier alpha value is -0.600. The second kappa shape index (κ2) is 5.12. The summed E-state index contributed by atoms with van der Waals surface area (Å²) in [4.78, 5) is 1.44. The molecule has 0 spiro atoms. The minimum Gasteiger partial charge on any atom is -0.310 e. The number of nitrogens with one attached hydrogen (secondary N) is 1. The average Bonchev–Trinajstić information content (AvgIpc) is 2.57. The zero-order valence-corrected chi connectivity index (χ0v) is 8.23. The smallest absolute Gasteiger partial charge is 0.0219 e. The summed E-state index contributed by atoms with van der Waals surface area (Å²) in [6.45, 7) is 6.86. The van der Waals surface area contributed by atoms with Crippen molar-refractivity contribution in [2.75, 3.05) is 6.54 Å². The Labute approximate surface area is 78.1 Å². The summed E-state index contributed by atoms with van der Waals surface area (Å²) < 4.78 is 0. The van der Waals surface area contributed by atoms with Crippen LogP contribution in [0.2, 0.25) is 0 Å². The van der Waals surface area contributed by atoms with Gasteiger partial charge in [0.05, 0.1) is 0 Å². The molecule has 0 aromatic carbocycles. The Bertz CT molecular complexity index is 216. The Morgan fingerprint density at radius 2 is 2.58 bits per heavy atom. The molecule has 0 radical (unpaired) electrons. The lowest BCUT2D eigenvalue weighted by Crippen LogP contribution is -2.25. The molecule has 1 unspecified atom stereocenters. The van der Waals surface area contributed by atoms with Crippen molar-refractivity contribution in [2.24, 2.45) is 0 Å². The molecule has 2 heteroatoms. The highest BCUT2D eigenvalue weighted by Gasteiger charge is 1.95. The Balaban J connectivity index is 2.15. The van der Waals surface area contributed by atoms with Crippen LogP contribution in [-0.2, 0) is 6.42 Å². The summed E-state index contributed by atoms with van der Waals surface area (Å²) in [5.41, 5.74) is 0. The Morgan fingerprint density at radius 3 is 3.17 bits per heavy atom. The number of hydrogen-bond acceptors (Lipinski definition) is 2. The van der Waals surface area contributed by atoms with Crippen molar-refractivity contribution in [2.45, 2.75) is 19.4 Å². The highest BCUT2D eigenvalue weighted by Crippen LogP contribution is 2.08. The van der Waals surface area contributed by atoms with Gasteiger partial charge in [0.15, 0.2) is 0 Å². The fourth-order valence-electron chi connectivity index (χ4n) is 0.961. The predicted molar refractivity (Wildman–Crippen MR) is 55.7 cm³/mol. The SMILES string of the molecule is C=CC(C)NCCc1cccs1. The second-order valence-corrected chi connectivity index (χ2v) is 3.84. The van der Waals surface area contributed by atoms with Crippen molar-refractivity contribution in [3.63, 3.8) is 0 Å². The van der Waals surface area contributed by atoms with Crippen molar-refractivity contribution >= 4 is 11.3 Å². The van der Waals surface area contributed by atoms with Gasteiger partial charge in [0, 0.05) is 17.5 Å². The number of thiophene rings is 1. The van der Waals surface area contributed by atoms with Crippen LogP contribution in [0, 0.1) is 0 Å². The molecule has 0 saturated carbocycles. The largest absolute Gasteiger partial charge is 0.310 e. The third kappa shape index (κ3) is 3.20. The zero-order valence-electron chi connectivity index (χ0n) is 7.42. The van der Waals surface area contributed by atoms with Crippen LogP contribution in [0.5, 0.6) is 0 Å². The van der Waals surface area contributed by atoms with E-state index in [0.29, 0.717) is 6.04 Å². The van der Waals surface area contributed by atoms with Gasteiger partial charge in [-0.25, -0.2) is 0 Å². The van der Waals surface area contributed by atoms with E-state index >= 15 is 0 Å². The number of rotatable bonds is 5. The molecule has 1 nitrogen and oxygen atoms in total. The van der Waals surface area contributed by atoms with Gasteiger partial charge in [0.25, 0.3) is 0 Å². The Kier molecular flexibility index (Phi) is 4.05. The van der Waals surface area contributed by atoms with Crippen LogP contribution in [0.4, 0.5) is 0 Å². The van der Waals surface area contributed by atoms with Crippen molar-refractivity contribution in [1.29, 1.82) is 0 Å². The fraction of sp³-hybridized carbons (Fsp3) is 0.400. The second-order valence-electron chi connectivity index (χ2n) is 2.81. The molecule has 12 heavy (non-hydrogen) atoms. The van der Waals surface area contributed by atoms with Gasteiger partial charge in [0.2, 0.25) is 0 Å². The van der Waals surface area contributed by atoms with Crippen LogP contribution in [0.15, 0.2) is 30.2 Å². The van der Waals surface area contributed by atoms with E-state index in [-0.39, 0.29) is 0 Å². The lowest BCUT2D eigenvalue weighted by molar-refractivity contribution is 0.636. The first-order chi connectivity index (χ1) is 5.83. The molecule has 0 fully saturated rings. The predicted octanol–water partition coefficient (Wildman–Crippen LogP) is 2.45. The quantitative estimate of drug-likeness (QED) is 0.688. The monoisotopic (exact) mass is 181 g/mol. The van der Waals surface area contributed by atoms with Crippen molar-refractivity contribution < 1.29 is 0 Å². The highest BCUT2D eigenvalue weighted by atomic mass is 32.1. The van der Waals surface area contributed by atoms with Crippen LogP contribution >= 0.6 is 11.3 Å². The molecular weight excluding hydrogens is 166 g/mol. The van der Waals surface area contributed by atoms with E-state index in [2.05, 4.69) is 36.3 Å². The van der Waals surface area contributed by atoms with Crippen LogP contribution in [0.3, 0.4) is 0 Å². The first-order valence-electron chi connectivity index (χ1n) is 4.21. The molecule has 66 valence electrons. The standard InChI is InChI=1S/C10H15NS/c1-3-9(2)11-7-6-10-5-4-8-12-10/h3-5,8-9,11H,1,6-7H2,2H3. The van der Waals surface area contributed by atoms with Crippen LogP contribution in [0.25, 0.3) is 0 Å². The van der Waals surface area contributed by atoms with Gasteiger partial charge < -0.3 is 5.32 Å². The maximum absolute atomic E-state index is 3.72. The molecule has 1 N–H and O–H groups in total. The summed E-state index contributed by atoms with van der Waals surface area (Å²) in [5.74, 6) is 0. The minimum atomic E-state index is 0.421. The van der Waals surface area contributed by atoms with E-state index in [1.54, 1.807) is 0 Å². The van der Waals surface area contributed by atoms with Crippen molar-refractivity contribution in [1.82, 2.24) is 5.32 Å². The van der Waals surface area contributed by atoms with Gasteiger partial charge in [-0.2, -0.15) is 0 Å². The first kappa shape index (κ1) is 9.49. The van der Waals surface area contributed by atoms with Crippen LogP contribution in [0.1, 0.15) is 11.8 Å². The Morgan fingerprint density at radius 1 is 1.75 bits per heavy atom. The lowest BCUT2D eigenvalue weighted by atomic mass is 10.3. The molecule has 1 aromatic rings. The van der Waals surface area contributed by atoms with E-state index in [9.17, 15) is 0 Å². The van der Waals surface area contributed by atoms with Crippen LogP contribution in [-0.4, -0.2) is 12.6 Å². The van der Waals surface area contributed by atoms with Gasteiger partial charge in [-0.3, -0.25) is 0 Å². The maximum atomic E-state index is 3.72. The van der Waals surface area contributed by atoms with E-state index in [0.717, 1.165) is 13.0 Å². The third-order valence-electron chi connectivity index (χ3n) is 1.77. The average molecular weight is 181 g/mol. The van der Waals surface area contributed by atoms with E-state index in [1.165, 1.54) is 4.88 Å². The van der Waals surface area contributed by atoms with E-state index < -0.39 is 0 Å². The summed E-state index contributed by atoms with van der Waals surface area (Å²) in [7, 11) is 0. The molecule has 0 amide bonds. The van der Waals surface area contributed by atoms with Gasteiger partial charge in [-0.1, -0.05) is 12.1 Å². The van der Waals surface area contributed by atoms with Gasteiger partial charge in [-0.15, -0.1) is 17.9 Å². The normalized spacial score (nSPS) is 12.8. The lowest BCUT2D eigenvalue weighted by Gasteiger charge is -2.07. The van der Waals surface area contributed by atoms with Gasteiger partial charge in [0.1, 0.15) is 0 Å². The fourth-order valence-corrected chi connectivity index (χ4v) is 1.67. The topological polar surface area (TPSA) is 12.0 Å². The molecule has 0 saturated heterocycles. The van der Waals surface area contributed by atoms with Crippen molar-refractivity contribution in [3.05, 3.63) is 35.0 Å². The van der Waals surface area contributed by atoms with Crippen molar-refractivity contribution in [3.8, 4) is 0 Å². The van der Waals surface area contributed by atoms with Crippen LogP contribution < -0.4 is 5.32 Å². The highest BCUT2D eigenvalue weighted by molar-refractivity contribution is 7.09. The molecule has 1 heterocycles. The molecule has 1 atom stereocenters. The van der Waals surface area contributed by atoms with E-state index in [1.807, 2.05) is 17.4 Å². The molecule has 0 aliphatic carbocycles. The molecule has 1 aromatic heterocycles. The number of hydrogen-bond donors (Lipinski definition) is 1. The maximum Gasteiger partial charge on any atom is 0.0219 e. The molecule has 0 bridgehead atoms. The molecule has 0 aliphatic rings. The summed E-state index contributed by atoms with van der Waals surface area (Å²) >= 11 is 1.82. The summed E-state index contributed by atoms with van der Waals surface area (Å²) in [5, 5.41) is 5.48. The first-order valence-corrected chi connectivity index (χ1v) is 5.09. The molecular formula is C10H15NS. The van der Waals surface area contributed by atoms with E-state index in [4.69, 9.17) is 0 Å². The minimum absolute atomic E-state index is 0.421. The zero-order chi connectivity index (χ0) is 8.81. The third-order valence-corrected chi connectivity index (χ3v) is 2.71. The van der Waals surface area contributed by atoms with Gasteiger partial charge >= 0.3 is 0 Å².